The highest BCUT2D eigenvalue weighted by atomic mass is 16.2. The molecule has 0 aliphatic heterocycles. The number of H-pyrrole nitrogens is 1. The van der Waals surface area contributed by atoms with Crippen LogP contribution in [-0.2, 0) is 6.42 Å². The number of aromatic amines is 1. The van der Waals surface area contributed by atoms with E-state index in [4.69, 9.17) is 0 Å². The molecule has 0 aliphatic carbocycles. The first kappa shape index (κ1) is 20.7. The molecule has 0 saturated carbocycles. The van der Waals surface area contributed by atoms with Crippen LogP contribution in [0.1, 0.15) is 42.3 Å². The highest BCUT2D eigenvalue weighted by molar-refractivity contribution is 5.94. The van der Waals surface area contributed by atoms with Crippen LogP contribution in [0.15, 0.2) is 78.0 Å². The lowest BCUT2D eigenvalue weighted by Gasteiger charge is -2.24. The summed E-state index contributed by atoms with van der Waals surface area (Å²) in [5, 5.41) is 1.23. The summed E-state index contributed by atoms with van der Waals surface area (Å²) < 4.78 is 0. The van der Waals surface area contributed by atoms with Gasteiger partial charge in [-0.2, -0.15) is 0 Å². The number of nitrogens with zero attached hydrogens (tertiary/aromatic N) is 1. The molecule has 0 spiro atoms. The molecule has 2 aromatic carbocycles. The monoisotopic (exact) mass is 386 g/mol. The van der Waals surface area contributed by atoms with Gasteiger partial charge in [0, 0.05) is 35.8 Å². The molecule has 29 heavy (non-hydrogen) atoms. The fraction of sp³-hybridized carbons (Fsp3) is 0.269. The quantitative estimate of drug-likeness (QED) is 0.491. The molecule has 1 aromatic heterocycles. The van der Waals surface area contributed by atoms with Crippen LogP contribution in [0, 0.1) is 6.92 Å². The second-order valence-electron chi connectivity index (χ2n) is 7.67. The molecule has 1 amide bonds. The van der Waals surface area contributed by atoms with E-state index >= 15 is 0 Å². The lowest BCUT2D eigenvalue weighted by molar-refractivity contribution is 0.0771. The predicted octanol–water partition coefficient (Wildman–Crippen LogP) is 6.07. The van der Waals surface area contributed by atoms with E-state index in [1.165, 1.54) is 22.1 Å². The SMILES string of the molecule is C/C=C\C(C)=C(/C)CN(CCc1c[nH]c2ccccc12)C(=O)c1ccc(C)cc1. The summed E-state index contributed by atoms with van der Waals surface area (Å²) in [5.41, 5.74) is 6.70. The van der Waals surface area contributed by atoms with Gasteiger partial charge in [-0.25, -0.2) is 0 Å². The van der Waals surface area contributed by atoms with E-state index < -0.39 is 0 Å². The van der Waals surface area contributed by atoms with E-state index in [9.17, 15) is 4.79 Å². The number of amides is 1. The van der Waals surface area contributed by atoms with Gasteiger partial charge in [-0.15, -0.1) is 0 Å². The minimum Gasteiger partial charge on any atom is -0.361 e. The van der Waals surface area contributed by atoms with Gasteiger partial charge >= 0.3 is 0 Å². The maximum absolute atomic E-state index is 13.3. The van der Waals surface area contributed by atoms with Gasteiger partial charge in [0.15, 0.2) is 0 Å². The molecule has 1 heterocycles. The van der Waals surface area contributed by atoms with Gasteiger partial charge in [0.05, 0.1) is 0 Å². The van der Waals surface area contributed by atoms with Crippen LogP contribution in [0.25, 0.3) is 10.9 Å². The standard InChI is InChI=1S/C26H30N2O/c1-5-8-20(3)21(4)18-28(26(29)22-13-11-19(2)12-14-22)16-15-23-17-27-25-10-7-6-9-24(23)25/h5-14,17,27H,15-16,18H2,1-4H3/b8-5-,21-20+. The summed E-state index contributed by atoms with van der Waals surface area (Å²) in [6, 6.07) is 16.2. The minimum absolute atomic E-state index is 0.0810. The number of para-hydroxylation sites is 1. The van der Waals surface area contributed by atoms with Gasteiger partial charge in [0.1, 0.15) is 0 Å². The first-order chi connectivity index (χ1) is 14.0. The Morgan fingerprint density at radius 2 is 1.79 bits per heavy atom. The average molecular weight is 387 g/mol. The number of carbonyl (C=O) groups excluding carboxylic acids is 1. The number of aryl methyl sites for hydroxylation is 1. The van der Waals surface area contributed by atoms with Crippen molar-refractivity contribution >= 4 is 16.8 Å². The lowest BCUT2D eigenvalue weighted by atomic mass is 10.1. The number of allylic oxidation sites excluding steroid dienone is 3. The Hall–Kier alpha value is -3.07. The molecule has 0 unspecified atom stereocenters. The number of aromatic nitrogens is 1. The highest BCUT2D eigenvalue weighted by Crippen LogP contribution is 2.19. The zero-order valence-corrected chi connectivity index (χ0v) is 17.8. The first-order valence-electron chi connectivity index (χ1n) is 10.2. The summed E-state index contributed by atoms with van der Waals surface area (Å²) in [6.45, 7) is 9.57. The van der Waals surface area contributed by atoms with E-state index in [-0.39, 0.29) is 5.91 Å². The molecule has 0 saturated heterocycles. The van der Waals surface area contributed by atoms with Crippen LogP contribution >= 0.6 is 0 Å². The fourth-order valence-electron chi connectivity index (χ4n) is 3.53. The molecule has 0 fully saturated rings. The summed E-state index contributed by atoms with van der Waals surface area (Å²) >= 11 is 0. The topological polar surface area (TPSA) is 36.1 Å². The van der Waals surface area contributed by atoms with Crippen molar-refractivity contribution in [3.05, 3.63) is 94.7 Å². The van der Waals surface area contributed by atoms with E-state index in [2.05, 4.69) is 49.3 Å². The molecule has 150 valence electrons. The molecule has 3 aromatic rings. The summed E-state index contributed by atoms with van der Waals surface area (Å²) in [7, 11) is 0. The molecule has 0 aliphatic rings. The second-order valence-corrected chi connectivity index (χ2v) is 7.67. The van der Waals surface area contributed by atoms with Crippen LogP contribution in [0.4, 0.5) is 0 Å². The van der Waals surface area contributed by atoms with Crippen molar-refractivity contribution in [1.29, 1.82) is 0 Å². The zero-order valence-electron chi connectivity index (χ0n) is 17.8. The molecule has 0 atom stereocenters. The van der Waals surface area contributed by atoms with Crippen LogP contribution < -0.4 is 0 Å². The molecule has 0 radical (unpaired) electrons. The predicted molar refractivity (Wildman–Crippen MR) is 122 cm³/mol. The molecule has 0 bridgehead atoms. The van der Waals surface area contributed by atoms with E-state index in [1.54, 1.807) is 0 Å². The largest absolute Gasteiger partial charge is 0.361 e. The van der Waals surface area contributed by atoms with Crippen LogP contribution in [0.2, 0.25) is 0 Å². The van der Waals surface area contributed by atoms with Gasteiger partial charge in [-0.05, 0) is 57.9 Å². The number of carbonyl (C=O) groups is 1. The van der Waals surface area contributed by atoms with E-state index in [0.29, 0.717) is 13.1 Å². The smallest absolute Gasteiger partial charge is 0.254 e. The normalized spacial score (nSPS) is 12.4. The zero-order chi connectivity index (χ0) is 20.8. The number of benzene rings is 2. The van der Waals surface area contributed by atoms with Crippen molar-refractivity contribution in [3.63, 3.8) is 0 Å². The number of rotatable bonds is 7. The Bertz CT molecular complexity index is 1040. The van der Waals surface area contributed by atoms with Crippen molar-refractivity contribution < 1.29 is 4.79 Å². The van der Waals surface area contributed by atoms with Crippen LogP contribution in [-0.4, -0.2) is 28.9 Å². The molecule has 3 heteroatoms. The summed E-state index contributed by atoms with van der Waals surface area (Å²) in [6.07, 6.45) is 7.02. The molecular formula is C26H30N2O. The van der Waals surface area contributed by atoms with Gasteiger partial charge < -0.3 is 9.88 Å². The van der Waals surface area contributed by atoms with Gasteiger partial charge in [0.2, 0.25) is 0 Å². The number of nitrogens with one attached hydrogen (secondary N) is 1. The first-order valence-corrected chi connectivity index (χ1v) is 10.2. The van der Waals surface area contributed by atoms with Crippen molar-refractivity contribution in [1.82, 2.24) is 9.88 Å². The number of fused-ring (bicyclic) bond motifs is 1. The fourth-order valence-corrected chi connectivity index (χ4v) is 3.53. The van der Waals surface area contributed by atoms with E-state index in [1.807, 2.05) is 55.2 Å². The summed E-state index contributed by atoms with van der Waals surface area (Å²) in [4.78, 5) is 18.6. The maximum atomic E-state index is 13.3. The number of hydrogen-bond acceptors (Lipinski definition) is 1. The Morgan fingerprint density at radius 3 is 2.52 bits per heavy atom. The third-order valence-corrected chi connectivity index (χ3v) is 5.43. The Morgan fingerprint density at radius 1 is 1.07 bits per heavy atom. The molecular weight excluding hydrogens is 356 g/mol. The highest BCUT2D eigenvalue weighted by Gasteiger charge is 2.17. The van der Waals surface area contributed by atoms with Gasteiger partial charge in [-0.3, -0.25) is 4.79 Å². The third-order valence-electron chi connectivity index (χ3n) is 5.43. The Kier molecular flexibility index (Phi) is 6.71. The van der Waals surface area contributed by atoms with Gasteiger partial charge in [0.25, 0.3) is 5.91 Å². The van der Waals surface area contributed by atoms with Crippen molar-refractivity contribution in [2.75, 3.05) is 13.1 Å². The molecule has 1 N–H and O–H groups in total. The van der Waals surface area contributed by atoms with Crippen molar-refractivity contribution in [2.45, 2.75) is 34.1 Å². The van der Waals surface area contributed by atoms with Crippen molar-refractivity contribution in [2.24, 2.45) is 0 Å². The lowest BCUT2D eigenvalue weighted by Crippen LogP contribution is -2.34. The molecule has 3 rings (SSSR count). The van der Waals surface area contributed by atoms with Gasteiger partial charge in [-0.1, -0.05) is 59.2 Å². The van der Waals surface area contributed by atoms with Crippen LogP contribution in [0.3, 0.4) is 0 Å². The Balaban J connectivity index is 1.84. The van der Waals surface area contributed by atoms with Crippen molar-refractivity contribution in [3.8, 4) is 0 Å². The van der Waals surface area contributed by atoms with E-state index in [0.717, 1.165) is 23.1 Å². The third kappa shape index (κ3) is 5.05. The molecule has 3 nitrogen and oxygen atoms in total. The minimum atomic E-state index is 0.0810. The Labute approximate surface area is 173 Å². The average Bonchev–Trinajstić information content (AvgIpc) is 3.14. The maximum Gasteiger partial charge on any atom is 0.254 e. The van der Waals surface area contributed by atoms with Crippen LogP contribution in [0.5, 0.6) is 0 Å². The number of hydrogen-bond donors (Lipinski definition) is 1. The summed E-state index contributed by atoms with van der Waals surface area (Å²) in [5.74, 6) is 0.0810. The second kappa shape index (κ2) is 9.42.